The predicted octanol–water partition coefficient (Wildman–Crippen LogP) is 4.06. The van der Waals surface area contributed by atoms with E-state index in [4.69, 9.17) is 33.5 Å². The van der Waals surface area contributed by atoms with Crippen LogP contribution < -0.4 is 11.3 Å². The van der Waals surface area contributed by atoms with Crippen LogP contribution in [0.15, 0.2) is 22.6 Å². The zero-order valence-corrected chi connectivity index (χ0v) is 12.6. The summed E-state index contributed by atoms with van der Waals surface area (Å²) in [6.45, 7) is 5.88. The molecule has 0 fully saturated rings. The van der Waals surface area contributed by atoms with Crippen molar-refractivity contribution in [2.24, 2.45) is 5.84 Å². The van der Waals surface area contributed by atoms with Gasteiger partial charge in [-0.2, -0.15) is 0 Å². The number of halogens is 2. The van der Waals surface area contributed by atoms with Gasteiger partial charge in [-0.25, -0.2) is 5.43 Å². The maximum atomic E-state index is 6.06. The van der Waals surface area contributed by atoms with Gasteiger partial charge in [0, 0.05) is 5.56 Å². The van der Waals surface area contributed by atoms with E-state index in [0.29, 0.717) is 10.0 Å². The molecule has 2 aromatic rings. The molecule has 1 unspecified atom stereocenters. The molecule has 102 valence electrons. The Morgan fingerprint density at radius 2 is 1.79 bits per heavy atom. The van der Waals surface area contributed by atoms with Crippen molar-refractivity contribution in [2.45, 2.75) is 26.8 Å². The van der Waals surface area contributed by atoms with Gasteiger partial charge in [0.25, 0.3) is 0 Å². The third-order valence-electron chi connectivity index (χ3n) is 3.35. The Balaban J connectivity index is 2.52. The molecule has 0 saturated heterocycles. The third-order valence-corrected chi connectivity index (χ3v) is 4.09. The lowest BCUT2D eigenvalue weighted by Gasteiger charge is -2.17. The fraction of sp³-hybridized carbons (Fsp3) is 0.286. The van der Waals surface area contributed by atoms with Gasteiger partial charge >= 0.3 is 0 Å². The third kappa shape index (κ3) is 2.65. The Kier molecular flexibility index (Phi) is 4.21. The highest BCUT2D eigenvalue weighted by atomic mass is 35.5. The van der Waals surface area contributed by atoms with Crippen LogP contribution >= 0.6 is 23.2 Å². The molecule has 1 atom stereocenters. The minimum absolute atomic E-state index is 0.174. The van der Waals surface area contributed by atoms with Gasteiger partial charge in [-0.05, 0) is 44.0 Å². The molecule has 1 aromatic carbocycles. The van der Waals surface area contributed by atoms with Crippen LogP contribution in [0.25, 0.3) is 0 Å². The van der Waals surface area contributed by atoms with Crippen LogP contribution in [0.3, 0.4) is 0 Å². The van der Waals surface area contributed by atoms with E-state index in [0.717, 1.165) is 28.2 Å². The summed E-state index contributed by atoms with van der Waals surface area (Å²) in [6.07, 6.45) is 0. The summed E-state index contributed by atoms with van der Waals surface area (Å²) in [7, 11) is 0. The quantitative estimate of drug-likeness (QED) is 0.663. The first kappa shape index (κ1) is 14.4. The second-order valence-corrected chi connectivity index (χ2v) is 5.34. The standard InChI is InChI=1S/C14H16Cl2N2O/c1-7-8(2)19-9(3)13(7)14(18-17)10-4-5-11(15)12(16)6-10/h4-6,14,18H,17H2,1-3H3. The molecule has 0 spiro atoms. The van der Waals surface area contributed by atoms with E-state index in [2.05, 4.69) is 5.43 Å². The molecule has 5 heteroatoms. The molecular weight excluding hydrogens is 283 g/mol. The smallest absolute Gasteiger partial charge is 0.106 e. The van der Waals surface area contributed by atoms with Crippen molar-refractivity contribution in [1.29, 1.82) is 0 Å². The molecular formula is C14H16Cl2N2O. The van der Waals surface area contributed by atoms with Crippen LogP contribution in [0, 0.1) is 20.8 Å². The molecule has 0 bridgehead atoms. The first-order valence-electron chi connectivity index (χ1n) is 5.93. The molecule has 2 rings (SSSR count). The second kappa shape index (κ2) is 5.55. The van der Waals surface area contributed by atoms with E-state index >= 15 is 0 Å². The molecule has 3 N–H and O–H groups in total. The Labute approximate surface area is 122 Å². The molecule has 3 nitrogen and oxygen atoms in total. The van der Waals surface area contributed by atoms with E-state index in [9.17, 15) is 0 Å². The van der Waals surface area contributed by atoms with Crippen LogP contribution in [0.5, 0.6) is 0 Å². The summed E-state index contributed by atoms with van der Waals surface area (Å²) < 4.78 is 5.65. The van der Waals surface area contributed by atoms with Crippen molar-refractivity contribution in [3.63, 3.8) is 0 Å². The van der Waals surface area contributed by atoms with E-state index in [-0.39, 0.29) is 6.04 Å². The van der Waals surface area contributed by atoms with Crippen molar-refractivity contribution >= 4 is 23.2 Å². The largest absolute Gasteiger partial charge is 0.466 e. The molecule has 19 heavy (non-hydrogen) atoms. The minimum atomic E-state index is -0.174. The lowest BCUT2D eigenvalue weighted by Crippen LogP contribution is -2.29. The summed E-state index contributed by atoms with van der Waals surface area (Å²) in [5, 5.41) is 1.04. The highest BCUT2D eigenvalue weighted by molar-refractivity contribution is 6.42. The van der Waals surface area contributed by atoms with Gasteiger partial charge in [0.1, 0.15) is 11.5 Å². The van der Waals surface area contributed by atoms with Gasteiger partial charge in [0.15, 0.2) is 0 Å². The highest BCUT2D eigenvalue weighted by Gasteiger charge is 2.22. The molecule has 0 saturated carbocycles. The number of hydrogen-bond acceptors (Lipinski definition) is 3. The first-order chi connectivity index (χ1) is 8.95. The average Bonchev–Trinajstić information content (AvgIpc) is 2.61. The van der Waals surface area contributed by atoms with Crippen LogP contribution in [-0.4, -0.2) is 0 Å². The van der Waals surface area contributed by atoms with Crippen LogP contribution in [0.2, 0.25) is 10.0 Å². The van der Waals surface area contributed by atoms with Crippen molar-refractivity contribution < 1.29 is 4.42 Å². The van der Waals surface area contributed by atoms with Crippen LogP contribution in [0.4, 0.5) is 0 Å². The summed E-state index contributed by atoms with van der Waals surface area (Å²) in [5.74, 6) is 7.45. The van der Waals surface area contributed by atoms with Gasteiger partial charge in [0.05, 0.1) is 16.1 Å². The summed E-state index contributed by atoms with van der Waals surface area (Å²) >= 11 is 12.0. The first-order valence-corrected chi connectivity index (χ1v) is 6.68. The minimum Gasteiger partial charge on any atom is -0.466 e. The summed E-state index contributed by atoms with van der Waals surface area (Å²) in [5.41, 5.74) is 5.89. The Bertz CT molecular complexity index is 608. The normalized spacial score (nSPS) is 12.7. The topological polar surface area (TPSA) is 51.2 Å². The van der Waals surface area contributed by atoms with E-state index in [1.165, 1.54) is 0 Å². The number of nitrogens with two attached hydrogens (primary N) is 1. The number of hydrogen-bond donors (Lipinski definition) is 2. The van der Waals surface area contributed by atoms with Gasteiger partial charge in [-0.3, -0.25) is 5.84 Å². The number of aryl methyl sites for hydroxylation is 2. The maximum absolute atomic E-state index is 6.06. The molecule has 0 aliphatic heterocycles. The zero-order valence-electron chi connectivity index (χ0n) is 11.1. The maximum Gasteiger partial charge on any atom is 0.106 e. The highest BCUT2D eigenvalue weighted by Crippen LogP contribution is 2.33. The average molecular weight is 299 g/mol. The number of hydrazine groups is 1. The number of benzene rings is 1. The van der Waals surface area contributed by atoms with Crippen molar-refractivity contribution in [2.75, 3.05) is 0 Å². The fourth-order valence-electron chi connectivity index (χ4n) is 2.27. The molecule has 0 radical (unpaired) electrons. The van der Waals surface area contributed by atoms with Crippen molar-refractivity contribution in [3.8, 4) is 0 Å². The van der Waals surface area contributed by atoms with E-state index in [1.54, 1.807) is 6.07 Å². The Hall–Kier alpha value is -1.000. The molecule has 0 amide bonds. The second-order valence-electron chi connectivity index (χ2n) is 4.53. The predicted molar refractivity (Wildman–Crippen MR) is 78.5 cm³/mol. The van der Waals surface area contributed by atoms with Gasteiger partial charge in [-0.1, -0.05) is 29.3 Å². The van der Waals surface area contributed by atoms with Gasteiger partial charge in [-0.15, -0.1) is 0 Å². The van der Waals surface area contributed by atoms with E-state index in [1.807, 2.05) is 32.9 Å². The lowest BCUT2D eigenvalue weighted by atomic mass is 9.96. The van der Waals surface area contributed by atoms with Crippen molar-refractivity contribution in [3.05, 3.63) is 56.5 Å². The van der Waals surface area contributed by atoms with Gasteiger partial charge in [0.2, 0.25) is 0 Å². The zero-order chi connectivity index (χ0) is 14.2. The fourth-order valence-corrected chi connectivity index (χ4v) is 2.58. The monoisotopic (exact) mass is 298 g/mol. The Morgan fingerprint density at radius 3 is 2.26 bits per heavy atom. The van der Waals surface area contributed by atoms with Crippen molar-refractivity contribution in [1.82, 2.24) is 5.43 Å². The van der Waals surface area contributed by atoms with Gasteiger partial charge < -0.3 is 4.42 Å². The summed E-state index contributed by atoms with van der Waals surface area (Å²) in [6, 6.07) is 5.31. The molecule has 1 heterocycles. The number of nitrogens with one attached hydrogen (secondary N) is 1. The number of furan rings is 1. The molecule has 0 aliphatic carbocycles. The molecule has 1 aromatic heterocycles. The summed E-state index contributed by atoms with van der Waals surface area (Å²) in [4.78, 5) is 0. The Morgan fingerprint density at radius 1 is 1.11 bits per heavy atom. The van der Waals surface area contributed by atoms with E-state index < -0.39 is 0 Å². The van der Waals surface area contributed by atoms with Crippen LogP contribution in [-0.2, 0) is 0 Å². The SMILES string of the molecule is Cc1oc(C)c(C(NN)c2ccc(Cl)c(Cl)c2)c1C. The molecule has 0 aliphatic rings. The van der Waals surface area contributed by atoms with Crippen LogP contribution in [0.1, 0.15) is 34.3 Å². The number of rotatable bonds is 3. The lowest BCUT2D eigenvalue weighted by molar-refractivity contribution is 0.494.